The molecule has 102 valence electrons. The van der Waals surface area contributed by atoms with Gasteiger partial charge in [-0.2, -0.15) is 0 Å². The van der Waals surface area contributed by atoms with Gasteiger partial charge in [0.1, 0.15) is 4.99 Å². The van der Waals surface area contributed by atoms with E-state index in [9.17, 15) is 15.0 Å². The minimum Gasteiger partial charge on any atom is -0.504 e. The Morgan fingerprint density at radius 3 is 2.45 bits per heavy atom. The minimum atomic E-state index is -0.416. The van der Waals surface area contributed by atoms with Gasteiger partial charge in [-0.15, -0.1) is 0 Å². The molecule has 1 amide bonds. The van der Waals surface area contributed by atoms with Crippen molar-refractivity contribution in [1.29, 1.82) is 0 Å². The maximum absolute atomic E-state index is 12.0. The smallest absolute Gasteiger partial charge is 0.255 e. The summed E-state index contributed by atoms with van der Waals surface area (Å²) in [5.74, 6) is -1.05. The van der Waals surface area contributed by atoms with Gasteiger partial charge < -0.3 is 21.3 Å². The van der Waals surface area contributed by atoms with Crippen molar-refractivity contribution in [1.82, 2.24) is 0 Å². The number of benzene rings is 2. The van der Waals surface area contributed by atoms with Crippen molar-refractivity contribution >= 4 is 28.8 Å². The molecule has 0 saturated carbocycles. The molecule has 2 rings (SSSR count). The zero-order chi connectivity index (χ0) is 14.7. The van der Waals surface area contributed by atoms with E-state index in [1.807, 2.05) is 0 Å². The SMILES string of the molecule is NC(=S)c1cccc(NC(=O)c2ccc(O)c(O)c2)c1. The number of carbonyl (C=O) groups is 1. The lowest BCUT2D eigenvalue weighted by Crippen LogP contribution is -2.13. The van der Waals surface area contributed by atoms with Gasteiger partial charge >= 0.3 is 0 Å². The van der Waals surface area contributed by atoms with Crippen LogP contribution in [0.3, 0.4) is 0 Å². The monoisotopic (exact) mass is 288 g/mol. The summed E-state index contributed by atoms with van der Waals surface area (Å²) in [6, 6.07) is 10.6. The van der Waals surface area contributed by atoms with E-state index in [2.05, 4.69) is 5.32 Å². The Hall–Kier alpha value is -2.60. The van der Waals surface area contributed by atoms with Crippen LogP contribution in [-0.2, 0) is 0 Å². The van der Waals surface area contributed by atoms with Crippen LogP contribution in [0.5, 0.6) is 11.5 Å². The van der Waals surface area contributed by atoms with Gasteiger partial charge in [-0.1, -0.05) is 24.4 Å². The van der Waals surface area contributed by atoms with E-state index in [1.54, 1.807) is 24.3 Å². The first-order chi connectivity index (χ1) is 9.47. The number of phenolic OH excluding ortho intramolecular Hbond substituents is 2. The molecule has 20 heavy (non-hydrogen) atoms. The highest BCUT2D eigenvalue weighted by atomic mass is 32.1. The Kier molecular flexibility index (Phi) is 3.86. The van der Waals surface area contributed by atoms with Crippen molar-refractivity contribution in [2.24, 2.45) is 5.73 Å². The maximum atomic E-state index is 12.0. The van der Waals surface area contributed by atoms with Crippen molar-refractivity contribution in [2.75, 3.05) is 5.32 Å². The number of aromatic hydroxyl groups is 2. The van der Waals surface area contributed by atoms with Crippen molar-refractivity contribution < 1.29 is 15.0 Å². The van der Waals surface area contributed by atoms with Gasteiger partial charge in [-0.05, 0) is 30.3 Å². The fourth-order valence-electron chi connectivity index (χ4n) is 1.62. The Bertz CT molecular complexity index is 686. The fourth-order valence-corrected chi connectivity index (χ4v) is 1.75. The van der Waals surface area contributed by atoms with Crippen LogP contribution in [-0.4, -0.2) is 21.1 Å². The number of amides is 1. The van der Waals surface area contributed by atoms with Crippen LogP contribution in [0.25, 0.3) is 0 Å². The number of nitrogens with one attached hydrogen (secondary N) is 1. The molecule has 0 aliphatic heterocycles. The standard InChI is InChI=1S/C14H12N2O3S/c15-13(20)8-2-1-3-10(6-8)16-14(19)9-4-5-11(17)12(18)7-9/h1-7,17-18H,(H2,15,20)(H,16,19). The van der Waals surface area contributed by atoms with Crippen LogP contribution in [0, 0.1) is 0 Å². The molecule has 2 aromatic rings. The van der Waals surface area contributed by atoms with Gasteiger partial charge in [0.05, 0.1) is 0 Å². The van der Waals surface area contributed by atoms with Crippen LogP contribution in [0.2, 0.25) is 0 Å². The molecule has 0 fully saturated rings. The predicted molar refractivity (Wildman–Crippen MR) is 80.1 cm³/mol. The number of anilines is 1. The topological polar surface area (TPSA) is 95.6 Å². The van der Waals surface area contributed by atoms with Crippen molar-refractivity contribution in [3.05, 3.63) is 53.6 Å². The lowest BCUT2D eigenvalue weighted by Gasteiger charge is -2.07. The number of phenols is 2. The first-order valence-corrected chi connectivity index (χ1v) is 6.11. The third-order valence-electron chi connectivity index (χ3n) is 2.64. The number of hydrogen-bond acceptors (Lipinski definition) is 4. The molecule has 6 heteroatoms. The summed E-state index contributed by atoms with van der Waals surface area (Å²) in [4.78, 5) is 12.2. The van der Waals surface area contributed by atoms with Gasteiger partial charge in [0.25, 0.3) is 5.91 Å². The molecule has 5 N–H and O–H groups in total. The van der Waals surface area contributed by atoms with E-state index in [-0.39, 0.29) is 22.1 Å². The second-order valence-corrected chi connectivity index (χ2v) is 4.54. The van der Waals surface area contributed by atoms with Crippen molar-refractivity contribution in [3.63, 3.8) is 0 Å². The Labute approximate surface area is 120 Å². The van der Waals surface area contributed by atoms with E-state index in [0.717, 1.165) is 0 Å². The van der Waals surface area contributed by atoms with E-state index in [4.69, 9.17) is 18.0 Å². The molecule has 0 saturated heterocycles. The third kappa shape index (κ3) is 3.04. The first-order valence-electron chi connectivity index (χ1n) is 5.70. The summed E-state index contributed by atoms with van der Waals surface area (Å²) in [6.45, 7) is 0. The predicted octanol–water partition coefficient (Wildman–Crippen LogP) is 1.98. The maximum Gasteiger partial charge on any atom is 0.255 e. The van der Waals surface area contributed by atoms with Crippen LogP contribution >= 0.6 is 12.2 Å². The highest BCUT2D eigenvalue weighted by Crippen LogP contribution is 2.25. The highest BCUT2D eigenvalue weighted by Gasteiger charge is 2.09. The van der Waals surface area contributed by atoms with Gasteiger partial charge in [-0.3, -0.25) is 4.79 Å². The van der Waals surface area contributed by atoms with Gasteiger partial charge in [0, 0.05) is 16.8 Å². The van der Waals surface area contributed by atoms with Crippen LogP contribution in [0.1, 0.15) is 15.9 Å². The number of carbonyl (C=O) groups excluding carboxylic acids is 1. The number of thiocarbonyl (C=S) groups is 1. The summed E-state index contributed by atoms with van der Waals surface area (Å²) in [5, 5.41) is 21.2. The Morgan fingerprint density at radius 1 is 1.05 bits per heavy atom. The molecular formula is C14H12N2O3S. The molecule has 0 aliphatic rings. The summed E-state index contributed by atoms with van der Waals surface area (Å²) in [7, 11) is 0. The van der Waals surface area contributed by atoms with Gasteiger partial charge in [0.15, 0.2) is 11.5 Å². The van der Waals surface area contributed by atoms with Crippen molar-refractivity contribution in [3.8, 4) is 11.5 Å². The van der Waals surface area contributed by atoms with E-state index < -0.39 is 5.91 Å². The third-order valence-corrected chi connectivity index (χ3v) is 2.88. The Morgan fingerprint density at radius 2 is 1.80 bits per heavy atom. The second-order valence-electron chi connectivity index (χ2n) is 4.10. The normalized spacial score (nSPS) is 10.0. The van der Waals surface area contributed by atoms with E-state index >= 15 is 0 Å². The largest absolute Gasteiger partial charge is 0.504 e. The molecule has 0 bridgehead atoms. The van der Waals surface area contributed by atoms with Gasteiger partial charge in [0.2, 0.25) is 0 Å². The summed E-state index contributed by atoms with van der Waals surface area (Å²) in [6.07, 6.45) is 0. The van der Waals surface area contributed by atoms with Crippen LogP contribution in [0.4, 0.5) is 5.69 Å². The zero-order valence-electron chi connectivity index (χ0n) is 10.3. The molecular weight excluding hydrogens is 276 g/mol. The summed E-state index contributed by atoms with van der Waals surface area (Å²) in [5.41, 5.74) is 6.92. The quantitative estimate of drug-likeness (QED) is 0.511. The lowest BCUT2D eigenvalue weighted by atomic mass is 10.1. The molecule has 2 aromatic carbocycles. The molecule has 0 atom stereocenters. The Balaban J connectivity index is 2.21. The molecule has 0 aromatic heterocycles. The lowest BCUT2D eigenvalue weighted by molar-refractivity contribution is 0.102. The molecule has 0 unspecified atom stereocenters. The average molecular weight is 288 g/mol. The molecule has 5 nitrogen and oxygen atoms in total. The first kappa shape index (κ1) is 13.8. The molecule has 0 radical (unpaired) electrons. The summed E-state index contributed by atoms with van der Waals surface area (Å²) >= 11 is 4.86. The number of rotatable bonds is 3. The van der Waals surface area contributed by atoms with E-state index in [1.165, 1.54) is 18.2 Å². The zero-order valence-corrected chi connectivity index (χ0v) is 11.1. The van der Waals surface area contributed by atoms with Crippen LogP contribution < -0.4 is 11.1 Å². The molecule has 0 aliphatic carbocycles. The summed E-state index contributed by atoms with van der Waals surface area (Å²) < 4.78 is 0. The minimum absolute atomic E-state index is 0.223. The number of hydrogen-bond donors (Lipinski definition) is 4. The number of nitrogens with two attached hydrogens (primary N) is 1. The second kappa shape index (κ2) is 5.58. The fraction of sp³-hybridized carbons (Fsp3) is 0. The van der Waals surface area contributed by atoms with E-state index in [0.29, 0.717) is 11.3 Å². The average Bonchev–Trinajstić information content (AvgIpc) is 2.42. The van der Waals surface area contributed by atoms with Crippen LogP contribution in [0.15, 0.2) is 42.5 Å². The highest BCUT2D eigenvalue weighted by molar-refractivity contribution is 7.80. The van der Waals surface area contributed by atoms with Gasteiger partial charge in [-0.25, -0.2) is 0 Å². The molecule has 0 spiro atoms. The van der Waals surface area contributed by atoms with Crippen molar-refractivity contribution in [2.45, 2.75) is 0 Å². The molecule has 0 heterocycles.